The fourth-order valence-electron chi connectivity index (χ4n) is 1.44. The number of carboxylic acid groups (broad SMARTS) is 1. The molecule has 9 heteroatoms. The van der Waals surface area contributed by atoms with Gasteiger partial charge in [0, 0.05) is 17.3 Å². The van der Waals surface area contributed by atoms with Crippen molar-refractivity contribution in [1.82, 2.24) is 4.98 Å². The zero-order valence-corrected chi connectivity index (χ0v) is 13.0. The van der Waals surface area contributed by atoms with Crippen LogP contribution in [0.3, 0.4) is 0 Å². The number of primary amides is 1. The number of thioether (sulfide) groups is 1. The van der Waals surface area contributed by atoms with Crippen molar-refractivity contribution in [3.05, 3.63) is 48.8 Å². The van der Waals surface area contributed by atoms with Gasteiger partial charge in [-0.1, -0.05) is 12.1 Å². The zero-order chi connectivity index (χ0) is 18.2. The van der Waals surface area contributed by atoms with Crippen LogP contribution >= 0.6 is 11.8 Å². The second kappa shape index (κ2) is 8.92. The largest absolute Gasteiger partial charge is 0.490 e. The number of aliphatic carboxylic acids is 1. The van der Waals surface area contributed by atoms with Gasteiger partial charge in [0.2, 0.25) is 5.91 Å². The van der Waals surface area contributed by atoms with Crippen molar-refractivity contribution in [2.45, 2.75) is 11.1 Å². The molecule has 2 aromatic rings. The van der Waals surface area contributed by atoms with Gasteiger partial charge in [0.15, 0.2) is 0 Å². The summed E-state index contributed by atoms with van der Waals surface area (Å²) in [5, 5.41) is 7.12. The third-order valence-corrected chi connectivity index (χ3v) is 3.53. The number of nitrogens with two attached hydrogens (primary N) is 1. The van der Waals surface area contributed by atoms with Crippen LogP contribution < -0.4 is 5.73 Å². The molecule has 0 aliphatic heterocycles. The van der Waals surface area contributed by atoms with E-state index in [4.69, 9.17) is 15.6 Å². The second-order valence-electron chi connectivity index (χ2n) is 4.32. The van der Waals surface area contributed by atoms with Crippen LogP contribution in [-0.2, 0) is 9.59 Å². The number of alkyl halides is 3. The first kappa shape index (κ1) is 19.5. The molecule has 1 heterocycles. The molecule has 1 aromatic carbocycles. The van der Waals surface area contributed by atoms with E-state index in [9.17, 15) is 18.0 Å². The topological polar surface area (TPSA) is 93.3 Å². The van der Waals surface area contributed by atoms with E-state index in [1.54, 1.807) is 12.4 Å². The molecule has 1 aromatic heterocycles. The van der Waals surface area contributed by atoms with E-state index < -0.39 is 12.1 Å². The lowest BCUT2D eigenvalue weighted by atomic mass is 10.1. The third-order valence-electron chi connectivity index (χ3n) is 2.49. The van der Waals surface area contributed by atoms with Gasteiger partial charge in [-0.25, -0.2) is 4.79 Å². The first-order chi connectivity index (χ1) is 11.2. The van der Waals surface area contributed by atoms with E-state index in [1.807, 2.05) is 36.4 Å². The molecule has 24 heavy (non-hydrogen) atoms. The van der Waals surface area contributed by atoms with Crippen molar-refractivity contribution in [2.75, 3.05) is 5.75 Å². The molecule has 0 atom stereocenters. The summed E-state index contributed by atoms with van der Waals surface area (Å²) in [6.07, 6.45) is -1.55. The maximum atomic E-state index is 10.7. The van der Waals surface area contributed by atoms with Crippen LogP contribution in [0.15, 0.2) is 53.7 Å². The Hall–Kier alpha value is -2.55. The number of benzene rings is 1. The number of pyridine rings is 1. The monoisotopic (exact) mass is 358 g/mol. The fraction of sp³-hybridized carbons (Fsp3) is 0.133. The summed E-state index contributed by atoms with van der Waals surface area (Å²) in [6, 6.07) is 12.0. The third kappa shape index (κ3) is 7.14. The summed E-state index contributed by atoms with van der Waals surface area (Å²) >= 11 is 1.45. The SMILES string of the molecule is NC(=O)CSc1ccc(-c2ccncc2)cc1.O=C(O)C(F)(F)F. The van der Waals surface area contributed by atoms with Gasteiger partial charge in [0.25, 0.3) is 0 Å². The highest BCUT2D eigenvalue weighted by Crippen LogP contribution is 2.23. The molecule has 0 aliphatic rings. The number of carbonyl (C=O) groups excluding carboxylic acids is 1. The minimum Gasteiger partial charge on any atom is -0.475 e. The zero-order valence-electron chi connectivity index (χ0n) is 12.2. The Morgan fingerprint density at radius 2 is 1.50 bits per heavy atom. The Balaban J connectivity index is 0.000000351. The molecule has 0 spiro atoms. The Kier molecular flexibility index (Phi) is 7.25. The van der Waals surface area contributed by atoms with Crippen LogP contribution in [0, 0.1) is 0 Å². The smallest absolute Gasteiger partial charge is 0.475 e. The average molecular weight is 358 g/mol. The van der Waals surface area contributed by atoms with E-state index in [2.05, 4.69) is 4.98 Å². The van der Waals surface area contributed by atoms with Crippen LogP contribution in [0.25, 0.3) is 11.1 Å². The predicted molar refractivity (Wildman–Crippen MR) is 83.3 cm³/mol. The molecule has 0 unspecified atom stereocenters. The van der Waals surface area contributed by atoms with Crippen molar-refractivity contribution in [1.29, 1.82) is 0 Å². The van der Waals surface area contributed by atoms with E-state index in [-0.39, 0.29) is 5.91 Å². The Morgan fingerprint density at radius 3 is 1.92 bits per heavy atom. The standard InChI is InChI=1S/C13H12N2OS.C2HF3O2/c14-13(16)9-17-12-3-1-10(2-4-12)11-5-7-15-8-6-11;3-2(4,5)1(6)7/h1-8H,9H2,(H2,14,16);(H,6,7). The number of carbonyl (C=O) groups is 2. The highest BCUT2D eigenvalue weighted by atomic mass is 32.2. The minimum absolute atomic E-state index is 0.298. The first-order valence-electron chi connectivity index (χ1n) is 6.42. The summed E-state index contributed by atoms with van der Waals surface area (Å²) in [7, 11) is 0. The summed E-state index contributed by atoms with van der Waals surface area (Å²) < 4.78 is 31.7. The van der Waals surface area contributed by atoms with Crippen molar-refractivity contribution >= 4 is 23.6 Å². The van der Waals surface area contributed by atoms with Crippen molar-refractivity contribution in [3.8, 4) is 11.1 Å². The number of amides is 1. The summed E-state index contributed by atoms with van der Waals surface area (Å²) in [5.74, 6) is -2.74. The van der Waals surface area contributed by atoms with Gasteiger partial charge in [-0.3, -0.25) is 9.78 Å². The number of nitrogens with zero attached hydrogens (tertiary/aromatic N) is 1. The molecule has 0 saturated carbocycles. The number of carboxylic acids is 1. The van der Waals surface area contributed by atoms with Crippen LogP contribution in [-0.4, -0.2) is 33.9 Å². The van der Waals surface area contributed by atoms with Gasteiger partial charge in [0.1, 0.15) is 0 Å². The fourth-order valence-corrected chi connectivity index (χ4v) is 2.08. The molecule has 3 N–H and O–H groups in total. The minimum atomic E-state index is -5.08. The first-order valence-corrected chi connectivity index (χ1v) is 7.40. The molecule has 0 saturated heterocycles. The maximum Gasteiger partial charge on any atom is 0.490 e. The van der Waals surface area contributed by atoms with Crippen LogP contribution in [0.4, 0.5) is 13.2 Å². The lowest BCUT2D eigenvalue weighted by Crippen LogP contribution is -2.21. The highest BCUT2D eigenvalue weighted by Gasteiger charge is 2.38. The molecular formula is C15H13F3N2O3S. The van der Waals surface area contributed by atoms with Crippen LogP contribution in [0.5, 0.6) is 0 Å². The molecule has 128 valence electrons. The molecular weight excluding hydrogens is 345 g/mol. The van der Waals surface area contributed by atoms with E-state index >= 15 is 0 Å². The molecule has 1 amide bonds. The van der Waals surface area contributed by atoms with Gasteiger partial charge in [0.05, 0.1) is 5.75 Å². The van der Waals surface area contributed by atoms with Crippen LogP contribution in [0.2, 0.25) is 0 Å². The molecule has 0 radical (unpaired) electrons. The van der Waals surface area contributed by atoms with Gasteiger partial charge < -0.3 is 10.8 Å². The Morgan fingerprint density at radius 1 is 1.04 bits per heavy atom. The molecule has 2 rings (SSSR count). The van der Waals surface area contributed by atoms with Gasteiger partial charge in [-0.15, -0.1) is 11.8 Å². The number of halogens is 3. The summed E-state index contributed by atoms with van der Waals surface area (Å²) in [5.41, 5.74) is 7.36. The van der Waals surface area contributed by atoms with Crippen LogP contribution in [0.1, 0.15) is 0 Å². The van der Waals surface area contributed by atoms with Crippen molar-refractivity contribution in [3.63, 3.8) is 0 Å². The van der Waals surface area contributed by atoms with Gasteiger partial charge in [-0.05, 0) is 35.4 Å². The van der Waals surface area contributed by atoms with Crippen molar-refractivity contribution in [2.24, 2.45) is 5.73 Å². The predicted octanol–water partition coefficient (Wildman–Crippen LogP) is 2.96. The summed E-state index contributed by atoms with van der Waals surface area (Å²) in [6.45, 7) is 0. The lowest BCUT2D eigenvalue weighted by molar-refractivity contribution is -0.192. The van der Waals surface area contributed by atoms with E-state index in [0.717, 1.165) is 16.0 Å². The van der Waals surface area contributed by atoms with Gasteiger partial charge in [-0.2, -0.15) is 13.2 Å². The summed E-state index contributed by atoms with van der Waals surface area (Å²) in [4.78, 5) is 24.6. The molecule has 0 aliphatic carbocycles. The van der Waals surface area contributed by atoms with E-state index in [1.165, 1.54) is 11.8 Å². The highest BCUT2D eigenvalue weighted by molar-refractivity contribution is 8.00. The Labute approximate surface area is 139 Å². The number of aromatic nitrogens is 1. The average Bonchev–Trinajstić information content (AvgIpc) is 2.54. The van der Waals surface area contributed by atoms with E-state index in [0.29, 0.717) is 5.75 Å². The second-order valence-corrected chi connectivity index (χ2v) is 5.37. The maximum absolute atomic E-state index is 10.7. The number of hydrogen-bond donors (Lipinski definition) is 2. The number of hydrogen-bond acceptors (Lipinski definition) is 4. The lowest BCUT2D eigenvalue weighted by Gasteiger charge is -2.03. The number of rotatable bonds is 4. The van der Waals surface area contributed by atoms with Crippen molar-refractivity contribution < 1.29 is 27.9 Å². The molecule has 5 nitrogen and oxygen atoms in total. The Bertz CT molecular complexity index is 677. The molecule has 0 bridgehead atoms. The quantitative estimate of drug-likeness (QED) is 0.820. The normalized spacial score (nSPS) is 10.5. The molecule has 0 fully saturated rings. The van der Waals surface area contributed by atoms with Gasteiger partial charge >= 0.3 is 12.1 Å².